The van der Waals surface area contributed by atoms with E-state index in [4.69, 9.17) is 4.74 Å². The van der Waals surface area contributed by atoms with Gasteiger partial charge in [-0.3, -0.25) is 14.9 Å². The third-order valence-corrected chi connectivity index (χ3v) is 7.07. The van der Waals surface area contributed by atoms with E-state index in [0.717, 1.165) is 10.7 Å². The molecule has 0 amide bonds. The maximum atomic E-state index is 12.8. The first kappa shape index (κ1) is 23.9. The van der Waals surface area contributed by atoms with E-state index in [-0.39, 0.29) is 40.5 Å². The third-order valence-electron chi connectivity index (χ3n) is 5.03. The van der Waals surface area contributed by atoms with E-state index >= 15 is 0 Å². The number of ether oxygens (including phenoxy) is 1. The minimum Gasteiger partial charge on any atom is -0.507 e. The summed E-state index contributed by atoms with van der Waals surface area (Å²) < 4.78 is 32.9. The SMILES string of the molecule is CCN(CC)S(=O)(=O)c1ccc(-n2cc(C(=O)c3cc(OC)ccc3O)cn2)c([N+](=O)[O-])c1. The highest BCUT2D eigenvalue weighted by Gasteiger charge is 2.27. The van der Waals surface area contributed by atoms with Gasteiger partial charge in [-0.05, 0) is 30.3 Å². The maximum absolute atomic E-state index is 12.8. The summed E-state index contributed by atoms with van der Waals surface area (Å²) in [5.41, 5.74) is -0.473. The van der Waals surface area contributed by atoms with E-state index < -0.39 is 26.4 Å². The Bertz CT molecular complexity index is 1310. The topological polar surface area (TPSA) is 145 Å². The zero-order valence-corrected chi connectivity index (χ0v) is 18.9. The van der Waals surface area contributed by atoms with Gasteiger partial charge in [-0.25, -0.2) is 13.1 Å². The Morgan fingerprint density at radius 1 is 1.21 bits per heavy atom. The highest BCUT2D eigenvalue weighted by Crippen LogP contribution is 2.29. The van der Waals surface area contributed by atoms with Crippen molar-refractivity contribution < 1.29 is 28.0 Å². The number of rotatable bonds is 9. The number of phenolic OH excluding ortho intramolecular Hbond substituents is 1. The van der Waals surface area contributed by atoms with Crippen LogP contribution >= 0.6 is 0 Å². The van der Waals surface area contributed by atoms with Crippen molar-refractivity contribution in [1.29, 1.82) is 0 Å². The van der Waals surface area contributed by atoms with E-state index in [0.29, 0.717) is 5.75 Å². The zero-order chi connectivity index (χ0) is 24.3. The number of nitrogens with zero attached hydrogens (tertiary/aromatic N) is 4. The van der Waals surface area contributed by atoms with Gasteiger partial charge in [0.15, 0.2) is 5.78 Å². The molecule has 0 aliphatic rings. The molecule has 0 fully saturated rings. The molecule has 0 atom stereocenters. The number of phenols is 1. The van der Waals surface area contributed by atoms with Crippen molar-refractivity contribution in [2.24, 2.45) is 0 Å². The van der Waals surface area contributed by atoms with Gasteiger partial charge in [-0.15, -0.1) is 0 Å². The smallest absolute Gasteiger partial charge is 0.296 e. The van der Waals surface area contributed by atoms with Crippen molar-refractivity contribution in [1.82, 2.24) is 14.1 Å². The van der Waals surface area contributed by atoms with E-state index in [1.807, 2.05) is 0 Å². The van der Waals surface area contributed by atoms with E-state index in [2.05, 4.69) is 5.10 Å². The molecule has 1 N–H and O–H groups in total. The van der Waals surface area contributed by atoms with Crippen LogP contribution in [-0.2, 0) is 10.0 Å². The molecule has 0 unspecified atom stereocenters. The van der Waals surface area contributed by atoms with Crippen LogP contribution in [0.3, 0.4) is 0 Å². The summed E-state index contributed by atoms with van der Waals surface area (Å²) in [6.07, 6.45) is 2.47. The first-order chi connectivity index (χ1) is 15.6. The van der Waals surface area contributed by atoms with E-state index in [1.165, 1.54) is 54.1 Å². The molecule has 11 nitrogen and oxygen atoms in total. The molecule has 0 spiro atoms. The molecule has 3 rings (SSSR count). The highest BCUT2D eigenvalue weighted by molar-refractivity contribution is 7.89. The molecule has 1 aromatic heterocycles. The summed E-state index contributed by atoms with van der Waals surface area (Å²) in [7, 11) is -2.49. The molecule has 0 aliphatic heterocycles. The van der Waals surface area contributed by atoms with Crippen LogP contribution in [0.2, 0.25) is 0 Å². The molecular weight excluding hydrogens is 452 g/mol. The lowest BCUT2D eigenvalue weighted by atomic mass is 10.1. The summed E-state index contributed by atoms with van der Waals surface area (Å²) in [6.45, 7) is 3.78. The predicted molar refractivity (Wildman–Crippen MR) is 118 cm³/mol. The average Bonchev–Trinajstić information content (AvgIpc) is 3.29. The number of nitro benzene ring substituents is 1. The number of ketones is 1. The molecule has 33 heavy (non-hydrogen) atoms. The second kappa shape index (κ2) is 9.38. The lowest BCUT2D eigenvalue weighted by Gasteiger charge is -2.18. The van der Waals surface area contributed by atoms with Crippen molar-refractivity contribution >= 4 is 21.5 Å². The Balaban J connectivity index is 2.03. The largest absolute Gasteiger partial charge is 0.507 e. The van der Waals surface area contributed by atoms with Gasteiger partial charge in [0.25, 0.3) is 5.69 Å². The molecule has 0 aliphatic carbocycles. The summed E-state index contributed by atoms with van der Waals surface area (Å²) in [4.78, 5) is 23.6. The molecule has 0 saturated heterocycles. The molecule has 12 heteroatoms. The van der Waals surface area contributed by atoms with Crippen LogP contribution in [0.1, 0.15) is 29.8 Å². The fraction of sp³-hybridized carbons (Fsp3) is 0.238. The predicted octanol–water partition coefficient (Wildman–Crippen LogP) is 2.76. The molecule has 0 radical (unpaired) electrons. The van der Waals surface area contributed by atoms with Gasteiger partial charge >= 0.3 is 0 Å². The van der Waals surface area contributed by atoms with Crippen LogP contribution in [-0.4, -0.2) is 58.5 Å². The maximum Gasteiger partial charge on any atom is 0.296 e. The van der Waals surface area contributed by atoms with Gasteiger partial charge in [-0.2, -0.15) is 9.40 Å². The number of carbonyl (C=O) groups is 1. The number of methoxy groups -OCH3 is 1. The minimum atomic E-state index is -3.91. The van der Waals surface area contributed by atoms with Crippen LogP contribution in [0.25, 0.3) is 5.69 Å². The first-order valence-corrected chi connectivity index (χ1v) is 11.3. The van der Waals surface area contributed by atoms with E-state index in [1.54, 1.807) is 13.8 Å². The summed E-state index contributed by atoms with van der Waals surface area (Å²) >= 11 is 0. The quantitative estimate of drug-likeness (QED) is 0.283. The van der Waals surface area contributed by atoms with Crippen LogP contribution in [0.4, 0.5) is 5.69 Å². The number of sulfonamides is 1. The van der Waals surface area contributed by atoms with Crippen molar-refractivity contribution in [3.05, 3.63) is 70.0 Å². The van der Waals surface area contributed by atoms with Gasteiger partial charge < -0.3 is 9.84 Å². The molecular formula is C21H22N4O7S. The first-order valence-electron chi connectivity index (χ1n) is 9.89. The van der Waals surface area contributed by atoms with E-state index in [9.17, 15) is 28.4 Å². The monoisotopic (exact) mass is 474 g/mol. The van der Waals surface area contributed by atoms with Crippen LogP contribution in [0.15, 0.2) is 53.7 Å². The van der Waals surface area contributed by atoms with Gasteiger partial charge in [0.2, 0.25) is 10.0 Å². The second-order valence-corrected chi connectivity index (χ2v) is 8.82. The molecule has 3 aromatic rings. The lowest BCUT2D eigenvalue weighted by Crippen LogP contribution is -2.30. The van der Waals surface area contributed by atoms with Crippen molar-refractivity contribution in [2.75, 3.05) is 20.2 Å². The standard InChI is InChI=1S/C21H22N4O7S/c1-4-23(5-2)33(30,31)16-7-8-18(19(11-16)25(28)29)24-13-14(12-22-24)21(27)17-10-15(32-3)6-9-20(17)26/h6-13,26H,4-5H2,1-3H3. The summed E-state index contributed by atoms with van der Waals surface area (Å²) in [5, 5.41) is 25.8. The Hall–Kier alpha value is -3.77. The van der Waals surface area contributed by atoms with Crippen LogP contribution in [0.5, 0.6) is 11.5 Å². The molecule has 0 bridgehead atoms. The molecule has 2 aromatic carbocycles. The average molecular weight is 474 g/mol. The number of benzene rings is 2. The number of carbonyl (C=O) groups excluding carboxylic acids is 1. The van der Waals surface area contributed by atoms with Gasteiger partial charge in [-0.1, -0.05) is 13.8 Å². The molecule has 0 saturated carbocycles. The lowest BCUT2D eigenvalue weighted by molar-refractivity contribution is -0.384. The fourth-order valence-corrected chi connectivity index (χ4v) is 4.75. The Morgan fingerprint density at radius 2 is 1.91 bits per heavy atom. The van der Waals surface area contributed by atoms with Crippen LogP contribution < -0.4 is 4.74 Å². The number of hydrogen-bond acceptors (Lipinski definition) is 8. The van der Waals surface area contributed by atoms with Crippen molar-refractivity contribution in [2.45, 2.75) is 18.7 Å². The third kappa shape index (κ3) is 4.56. The minimum absolute atomic E-state index is 0.0209. The number of aromatic hydroxyl groups is 1. The Morgan fingerprint density at radius 3 is 2.52 bits per heavy atom. The summed E-state index contributed by atoms with van der Waals surface area (Å²) in [5.74, 6) is -0.462. The van der Waals surface area contributed by atoms with Gasteiger partial charge in [0, 0.05) is 25.4 Å². The summed E-state index contributed by atoms with van der Waals surface area (Å²) in [6, 6.07) is 7.67. The molecule has 174 valence electrons. The normalized spacial score (nSPS) is 11.5. The number of nitro groups is 1. The zero-order valence-electron chi connectivity index (χ0n) is 18.1. The van der Waals surface area contributed by atoms with Gasteiger partial charge in [0.05, 0.1) is 34.3 Å². The van der Waals surface area contributed by atoms with Crippen molar-refractivity contribution in [3.8, 4) is 17.2 Å². The second-order valence-electron chi connectivity index (χ2n) is 6.88. The number of aromatic nitrogens is 2. The highest BCUT2D eigenvalue weighted by atomic mass is 32.2. The van der Waals surface area contributed by atoms with Crippen molar-refractivity contribution in [3.63, 3.8) is 0 Å². The number of hydrogen-bond donors (Lipinski definition) is 1. The Labute approximate surface area is 190 Å². The van der Waals surface area contributed by atoms with Crippen LogP contribution in [0, 0.1) is 10.1 Å². The molecule has 1 heterocycles. The Kier molecular flexibility index (Phi) is 6.79. The van der Waals surface area contributed by atoms with Gasteiger partial charge in [0.1, 0.15) is 17.2 Å². The fourth-order valence-electron chi connectivity index (χ4n) is 3.27.